The van der Waals surface area contributed by atoms with Gasteiger partial charge in [0.05, 0.1) is 0 Å². The quantitative estimate of drug-likeness (QED) is 0.735. The lowest BCUT2D eigenvalue weighted by Gasteiger charge is -2.45. The summed E-state index contributed by atoms with van der Waals surface area (Å²) in [5.74, 6) is 0.191. The van der Waals surface area contributed by atoms with Crippen LogP contribution < -0.4 is 5.32 Å². The fraction of sp³-hybridized carbons (Fsp3) is 0.364. The first-order chi connectivity index (χ1) is 13.1. The highest BCUT2D eigenvalue weighted by molar-refractivity contribution is 7.80. The maximum absolute atomic E-state index is 13.1. The van der Waals surface area contributed by atoms with Gasteiger partial charge < -0.3 is 10.2 Å². The van der Waals surface area contributed by atoms with E-state index in [-0.39, 0.29) is 5.78 Å². The predicted octanol–water partition coefficient (Wildman–Crippen LogP) is 4.73. The van der Waals surface area contributed by atoms with Crippen LogP contribution in [-0.2, 0) is 16.8 Å². The van der Waals surface area contributed by atoms with Crippen molar-refractivity contribution in [1.29, 1.82) is 0 Å². The second-order valence-electron chi connectivity index (χ2n) is 7.00. The van der Waals surface area contributed by atoms with Crippen molar-refractivity contribution < 1.29 is 4.79 Å². The normalized spacial score (nSPS) is 19.6. The first-order valence-electron chi connectivity index (χ1n) is 9.39. The van der Waals surface area contributed by atoms with Crippen LogP contribution in [0.3, 0.4) is 0 Å². The summed E-state index contributed by atoms with van der Waals surface area (Å²) >= 11 is 12.2. The van der Waals surface area contributed by atoms with Crippen LogP contribution in [0.15, 0.2) is 54.6 Å². The highest BCUT2D eigenvalue weighted by Gasteiger charge is 2.46. The van der Waals surface area contributed by atoms with Gasteiger partial charge in [-0.2, -0.15) is 0 Å². The molecule has 1 fully saturated rings. The lowest BCUT2D eigenvalue weighted by Crippen LogP contribution is -2.56. The Morgan fingerprint density at radius 3 is 2.56 bits per heavy atom. The molecule has 2 aromatic rings. The van der Waals surface area contributed by atoms with Gasteiger partial charge in [-0.3, -0.25) is 4.79 Å². The minimum atomic E-state index is -0.784. The molecule has 0 radical (unpaired) electrons. The van der Waals surface area contributed by atoms with Crippen molar-refractivity contribution in [3.63, 3.8) is 0 Å². The molecule has 0 heterocycles. The molecule has 0 aromatic heterocycles. The largest absolute Gasteiger partial charge is 0.362 e. The Balaban J connectivity index is 1.79. The lowest BCUT2D eigenvalue weighted by molar-refractivity contribution is -0.131. The number of hydrogen-bond donors (Lipinski definition) is 1. The molecule has 5 heteroatoms. The number of likely N-dealkylation sites (N-methyl/N-ethyl adjacent to an activating group) is 1. The molecule has 1 aliphatic rings. The van der Waals surface area contributed by atoms with E-state index >= 15 is 0 Å². The van der Waals surface area contributed by atoms with Crippen LogP contribution in [0.5, 0.6) is 0 Å². The van der Waals surface area contributed by atoms with E-state index < -0.39 is 5.54 Å². The molecule has 1 saturated carbocycles. The summed E-state index contributed by atoms with van der Waals surface area (Å²) < 4.78 is 0. The molecule has 2 aromatic carbocycles. The van der Waals surface area contributed by atoms with E-state index in [4.69, 9.17) is 23.8 Å². The molecule has 0 bridgehead atoms. The summed E-state index contributed by atoms with van der Waals surface area (Å²) in [5, 5.41) is 4.53. The van der Waals surface area contributed by atoms with Crippen LogP contribution in [0.1, 0.15) is 36.8 Å². The maximum Gasteiger partial charge on any atom is 0.169 e. The fourth-order valence-corrected chi connectivity index (χ4v) is 4.43. The topological polar surface area (TPSA) is 32.3 Å². The summed E-state index contributed by atoms with van der Waals surface area (Å²) in [6.07, 6.45) is 4.07. The molecule has 0 amide bonds. The third-order valence-electron chi connectivity index (χ3n) is 5.38. The number of Topliss-reactive ketones (excluding diaryl/α,β-unsaturated/α-hetero) is 1. The molecule has 3 rings (SSSR count). The van der Waals surface area contributed by atoms with Gasteiger partial charge in [-0.1, -0.05) is 60.1 Å². The summed E-state index contributed by atoms with van der Waals surface area (Å²) in [5.41, 5.74) is 1.32. The predicted molar refractivity (Wildman–Crippen MR) is 115 cm³/mol. The molecule has 3 nitrogen and oxygen atoms in total. The van der Waals surface area contributed by atoms with Gasteiger partial charge in [0, 0.05) is 30.6 Å². The van der Waals surface area contributed by atoms with Gasteiger partial charge in [0.15, 0.2) is 10.9 Å². The molecule has 142 valence electrons. The smallest absolute Gasteiger partial charge is 0.169 e. The number of rotatable bonds is 5. The number of carbonyl (C=O) groups is 1. The molecule has 0 unspecified atom stereocenters. The number of halogens is 1. The van der Waals surface area contributed by atoms with E-state index in [0.717, 1.165) is 37.8 Å². The molecular formula is C22H25ClN2OS. The minimum absolute atomic E-state index is 0.191. The van der Waals surface area contributed by atoms with Crippen molar-refractivity contribution in [2.45, 2.75) is 37.6 Å². The first kappa shape index (κ1) is 19.8. The number of nitrogens with one attached hydrogen (secondary N) is 1. The van der Waals surface area contributed by atoms with Gasteiger partial charge in [-0.25, -0.2) is 0 Å². The Morgan fingerprint density at radius 2 is 1.85 bits per heavy atom. The van der Waals surface area contributed by atoms with Crippen LogP contribution in [0, 0.1) is 0 Å². The molecular weight excluding hydrogens is 376 g/mol. The van der Waals surface area contributed by atoms with Crippen molar-refractivity contribution >= 4 is 34.7 Å². The molecule has 1 aliphatic carbocycles. The van der Waals surface area contributed by atoms with Gasteiger partial charge in [-0.15, -0.1) is 0 Å². The Labute approximate surface area is 171 Å². The minimum Gasteiger partial charge on any atom is -0.362 e. The summed E-state index contributed by atoms with van der Waals surface area (Å²) in [6, 6.07) is 17.9. The number of nitrogens with zero attached hydrogens (tertiary/aromatic N) is 1. The maximum atomic E-state index is 13.1. The number of thiocarbonyl (C=S) groups is 1. The number of carbonyl (C=O) groups excluding carboxylic acids is 1. The van der Waals surface area contributed by atoms with E-state index in [1.54, 1.807) is 0 Å². The summed E-state index contributed by atoms with van der Waals surface area (Å²) in [6.45, 7) is 0.722. The van der Waals surface area contributed by atoms with E-state index in [0.29, 0.717) is 16.6 Å². The van der Waals surface area contributed by atoms with E-state index in [1.165, 1.54) is 5.56 Å². The van der Waals surface area contributed by atoms with Gasteiger partial charge in [0.1, 0.15) is 5.54 Å². The lowest BCUT2D eigenvalue weighted by atomic mass is 9.74. The number of benzene rings is 2. The zero-order valence-electron chi connectivity index (χ0n) is 15.6. The van der Waals surface area contributed by atoms with Gasteiger partial charge >= 0.3 is 0 Å². The van der Waals surface area contributed by atoms with Gasteiger partial charge in [0.2, 0.25) is 0 Å². The van der Waals surface area contributed by atoms with E-state index in [2.05, 4.69) is 17.4 Å². The zero-order chi connectivity index (χ0) is 19.3. The van der Waals surface area contributed by atoms with E-state index in [1.807, 2.05) is 54.4 Å². The molecule has 0 aliphatic heterocycles. The Morgan fingerprint density at radius 1 is 1.15 bits per heavy atom. The van der Waals surface area contributed by atoms with Crippen molar-refractivity contribution in [3.05, 3.63) is 70.7 Å². The molecule has 1 N–H and O–H groups in total. The summed E-state index contributed by atoms with van der Waals surface area (Å²) in [4.78, 5) is 15.0. The zero-order valence-corrected chi connectivity index (χ0v) is 17.2. The van der Waals surface area contributed by atoms with Crippen LogP contribution in [0.2, 0.25) is 5.02 Å². The third-order valence-corrected chi connectivity index (χ3v) is 6.13. The van der Waals surface area contributed by atoms with Crippen LogP contribution >= 0.6 is 23.8 Å². The average Bonchev–Trinajstić information content (AvgIpc) is 2.69. The second kappa shape index (κ2) is 8.85. The van der Waals surface area contributed by atoms with Crippen molar-refractivity contribution in [3.8, 4) is 0 Å². The van der Waals surface area contributed by atoms with Crippen molar-refractivity contribution in [2.75, 3.05) is 13.6 Å². The van der Waals surface area contributed by atoms with Crippen molar-refractivity contribution in [1.82, 2.24) is 10.2 Å². The van der Waals surface area contributed by atoms with E-state index in [9.17, 15) is 4.79 Å². The van der Waals surface area contributed by atoms with Crippen LogP contribution in [0.25, 0.3) is 0 Å². The standard InChI is InChI=1S/C22H25ClN2OS/c1-25(21(27)24-16-14-17-9-3-2-4-10-17)22(15-8-7-13-20(22)26)18-11-5-6-12-19(18)23/h2-6,9-12H,7-8,13-16H2,1H3,(H,24,27)/t22-/m0/s1. The highest BCUT2D eigenvalue weighted by atomic mass is 35.5. The first-order valence-corrected chi connectivity index (χ1v) is 10.2. The number of hydrogen-bond acceptors (Lipinski definition) is 2. The molecule has 27 heavy (non-hydrogen) atoms. The Kier molecular flexibility index (Phi) is 6.51. The second-order valence-corrected chi connectivity index (χ2v) is 7.79. The molecule has 0 saturated heterocycles. The molecule has 1 atom stereocenters. The monoisotopic (exact) mass is 400 g/mol. The summed E-state index contributed by atoms with van der Waals surface area (Å²) in [7, 11) is 1.91. The molecule has 0 spiro atoms. The Hall–Kier alpha value is -1.91. The highest BCUT2D eigenvalue weighted by Crippen LogP contribution is 2.42. The van der Waals surface area contributed by atoms with Gasteiger partial charge in [0.25, 0.3) is 0 Å². The third kappa shape index (κ3) is 4.17. The van der Waals surface area contributed by atoms with Crippen LogP contribution in [0.4, 0.5) is 0 Å². The van der Waals surface area contributed by atoms with Crippen molar-refractivity contribution in [2.24, 2.45) is 0 Å². The van der Waals surface area contributed by atoms with Crippen LogP contribution in [-0.4, -0.2) is 29.4 Å². The SMILES string of the molecule is CN(C(=S)NCCc1ccccc1)[C@]1(c2ccccc2Cl)CCCCC1=O. The van der Waals surface area contributed by atoms with Gasteiger partial charge in [-0.05, 0) is 49.5 Å². The number of ketones is 1. The average molecular weight is 401 g/mol. The fourth-order valence-electron chi connectivity index (χ4n) is 3.88. The Bertz CT molecular complexity index is 811.